The normalized spacial score (nSPS) is 11.0. The maximum absolute atomic E-state index is 12.3. The Morgan fingerprint density at radius 1 is 1.32 bits per heavy atom. The second-order valence-corrected chi connectivity index (χ2v) is 6.55. The van der Waals surface area contributed by atoms with Gasteiger partial charge in [0.1, 0.15) is 4.88 Å². The first-order valence-electron chi connectivity index (χ1n) is 5.79. The third-order valence-electron chi connectivity index (χ3n) is 2.63. The highest BCUT2D eigenvalue weighted by atomic mass is 32.2. The number of rotatable bonds is 5. The Balaban J connectivity index is 2.44. The maximum Gasteiger partial charge on any atom is 0.350 e. The van der Waals surface area contributed by atoms with E-state index >= 15 is 0 Å². The molecule has 0 spiro atoms. The Hall–Kier alpha value is -2.46. The third-order valence-corrected chi connectivity index (χ3v) is 4.94. The minimum Gasteiger partial charge on any atom is -0.465 e. The predicted octanol–water partition coefficient (Wildman–Crippen LogP) is 2.24. The van der Waals surface area contributed by atoms with Gasteiger partial charge in [0.25, 0.3) is 15.7 Å². The number of methoxy groups -OCH3 is 1. The SMILES string of the molecule is COC(=O)c1sccc1NS(=O)(=O)c1ccccc1[N+](=O)[O-]. The van der Waals surface area contributed by atoms with Crippen molar-refractivity contribution in [2.24, 2.45) is 0 Å². The fourth-order valence-electron chi connectivity index (χ4n) is 1.68. The van der Waals surface area contributed by atoms with Gasteiger partial charge in [-0.05, 0) is 17.5 Å². The first-order chi connectivity index (χ1) is 10.4. The number of benzene rings is 1. The Labute approximate surface area is 129 Å². The van der Waals surface area contributed by atoms with Crippen molar-refractivity contribution < 1.29 is 22.9 Å². The van der Waals surface area contributed by atoms with Crippen molar-refractivity contribution in [3.8, 4) is 0 Å². The van der Waals surface area contributed by atoms with E-state index in [1.165, 1.54) is 30.7 Å². The molecule has 0 bridgehead atoms. The van der Waals surface area contributed by atoms with Crippen molar-refractivity contribution in [2.75, 3.05) is 11.8 Å². The number of hydrogen-bond donors (Lipinski definition) is 1. The number of carbonyl (C=O) groups is 1. The second-order valence-electron chi connectivity index (χ2n) is 3.99. The highest BCUT2D eigenvalue weighted by molar-refractivity contribution is 7.92. The lowest BCUT2D eigenvalue weighted by Gasteiger charge is -2.08. The number of para-hydroxylation sites is 1. The summed E-state index contributed by atoms with van der Waals surface area (Å²) in [6.45, 7) is 0. The topological polar surface area (TPSA) is 116 Å². The molecular formula is C12H10N2O6S2. The molecule has 0 aliphatic rings. The van der Waals surface area contributed by atoms with Gasteiger partial charge in [0.2, 0.25) is 0 Å². The molecule has 8 nitrogen and oxygen atoms in total. The van der Waals surface area contributed by atoms with Gasteiger partial charge in [0.15, 0.2) is 4.90 Å². The van der Waals surface area contributed by atoms with Crippen LogP contribution in [-0.4, -0.2) is 26.4 Å². The zero-order chi connectivity index (χ0) is 16.3. The number of nitrogens with zero attached hydrogens (tertiary/aromatic N) is 1. The van der Waals surface area contributed by atoms with Crippen molar-refractivity contribution in [1.29, 1.82) is 0 Å². The van der Waals surface area contributed by atoms with Crippen LogP contribution in [-0.2, 0) is 14.8 Å². The van der Waals surface area contributed by atoms with Crippen molar-refractivity contribution in [1.82, 2.24) is 0 Å². The van der Waals surface area contributed by atoms with Crippen LogP contribution in [0.2, 0.25) is 0 Å². The molecule has 0 aliphatic heterocycles. The number of esters is 1. The van der Waals surface area contributed by atoms with Crippen LogP contribution in [0.25, 0.3) is 0 Å². The molecular weight excluding hydrogens is 332 g/mol. The summed E-state index contributed by atoms with van der Waals surface area (Å²) >= 11 is 0.993. The lowest BCUT2D eigenvalue weighted by molar-refractivity contribution is -0.387. The summed E-state index contributed by atoms with van der Waals surface area (Å²) in [5, 5.41) is 12.4. The number of ether oxygens (including phenoxy) is 1. The van der Waals surface area contributed by atoms with Crippen LogP contribution in [0.5, 0.6) is 0 Å². The van der Waals surface area contributed by atoms with E-state index in [1.807, 2.05) is 0 Å². The molecule has 0 amide bonds. The molecule has 1 aromatic carbocycles. The Bertz CT molecular complexity index is 828. The zero-order valence-corrected chi connectivity index (χ0v) is 12.8. The number of anilines is 1. The maximum atomic E-state index is 12.3. The summed E-state index contributed by atoms with van der Waals surface area (Å²) in [6.07, 6.45) is 0. The smallest absolute Gasteiger partial charge is 0.350 e. The number of carbonyl (C=O) groups excluding carboxylic acids is 1. The van der Waals surface area contributed by atoms with E-state index in [2.05, 4.69) is 9.46 Å². The number of thiophene rings is 1. The van der Waals surface area contributed by atoms with Gasteiger partial charge in [0, 0.05) is 6.07 Å². The van der Waals surface area contributed by atoms with Gasteiger partial charge in [-0.3, -0.25) is 14.8 Å². The van der Waals surface area contributed by atoms with E-state index in [0.29, 0.717) is 0 Å². The summed E-state index contributed by atoms with van der Waals surface area (Å²) in [5.74, 6) is -0.699. The van der Waals surface area contributed by atoms with E-state index < -0.39 is 31.5 Å². The fourth-order valence-corrected chi connectivity index (χ4v) is 3.75. The lowest BCUT2D eigenvalue weighted by atomic mass is 10.3. The molecule has 0 atom stereocenters. The predicted molar refractivity (Wildman–Crippen MR) is 79.6 cm³/mol. The van der Waals surface area contributed by atoms with Gasteiger partial charge in [-0.1, -0.05) is 12.1 Å². The average molecular weight is 342 g/mol. The van der Waals surface area contributed by atoms with Crippen molar-refractivity contribution in [3.05, 3.63) is 50.7 Å². The molecule has 0 fully saturated rings. The first kappa shape index (κ1) is 15.9. The Morgan fingerprint density at radius 2 is 2.00 bits per heavy atom. The molecule has 1 N–H and O–H groups in total. The molecule has 1 heterocycles. The molecule has 0 saturated carbocycles. The third kappa shape index (κ3) is 3.07. The first-order valence-corrected chi connectivity index (χ1v) is 8.15. The number of nitrogens with one attached hydrogen (secondary N) is 1. The highest BCUT2D eigenvalue weighted by Gasteiger charge is 2.27. The van der Waals surface area contributed by atoms with Crippen LogP contribution in [0.1, 0.15) is 9.67 Å². The number of sulfonamides is 1. The quantitative estimate of drug-likeness (QED) is 0.506. The largest absolute Gasteiger partial charge is 0.465 e. The van der Waals surface area contributed by atoms with Gasteiger partial charge in [-0.25, -0.2) is 13.2 Å². The van der Waals surface area contributed by atoms with Gasteiger partial charge in [0.05, 0.1) is 17.7 Å². The summed E-state index contributed by atoms with van der Waals surface area (Å²) in [7, 11) is -3.05. The number of nitro groups is 1. The Morgan fingerprint density at radius 3 is 2.64 bits per heavy atom. The second kappa shape index (κ2) is 6.12. The van der Waals surface area contributed by atoms with E-state index in [4.69, 9.17) is 0 Å². The summed E-state index contributed by atoms with van der Waals surface area (Å²) in [6, 6.07) is 6.31. The van der Waals surface area contributed by atoms with Gasteiger partial charge >= 0.3 is 5.97 Å². The van der Waals surface area contributed by atoms with Gasteiger partial charge in [-0.15, -0.1) is 11.3 Å². The monoisotopic (exact) mass is 342 g/mol. The fraction of sp³-hybridized carbons (Fsp3) is 0.0833. The van der Waals surface area contributed by atoms with Crippen molar-refractivity contribution in [2.45, 2.75) is 4.90 Å². The van der Waals surface area contributed by atoms with Gasteiger partial charge in [-0.2, -0.15) is 0 Å². The van der Waals surface area contributed by atoms with Crippen LogP contribution in [0.15, 0.2) is 40.6 Å². The van der Waals surface area contributed by atoms with Crippen LogP contribution in [0.3, 0.4) is 0 Å². The van der Waals surface area contributed by atoms with Crippen LogP contribution >= 0.6 is 11.3 Å². The molecule has 116 valence electrons. The summed E-state index contributed by atoms with van der Waals surface area (Å²) in [4.78, 5) is 21.3. The van der Waals surface area contributed by atoms with E-state index in [0.717, 1.165) is 23.5 Å². The lowest BCUT2D eigenvalue weighted by Crippen LogP contribution is -2.16. The molecule has 22 heavy (non-hydrogen) atoms. The van der Waals surface area contributed by atoms with E-state index in [9.17, 15) is 23.3 Å². The highest BCUT2D eigenvalue weighted by Crippen LogP contribution is 2.29. The van der Waals surface area contributed by atoms with Crippen molar-refractivity contribution in [3.63, 3.8) is 0 Å². The van der Waals surface area contributed by atoms with E-state index in [-0.39, 0.29) is 10.6 Å². The molecule has 1 aromatic heterocycles. The zero-order valence-electron chi connectivity index (χ0n) is 11.2. The van der Waals surface area contributed by atoms with Crippen LogP contribution in [0, 0.1) is 10.1 Å². The molecule has 0 aliphatic carbocycles. The molecule has 0 saturated heterocycles. The number of nitro benzene ring substituents is 1. The standard InChI is InChI=1S/C12H10N2O6S2/c1-20-12(15)11-8(6-7-21-11)13-22(18,19)10-5-3-2-4-9(10)14(16)17/h2-7,13H,1H3. The number of hydrogen-bond acceptors (Lipinski definition) is 7. The van der Waals surface area contributed by atoms with Crippen molar-refractivity contribution >= 4 is 38.7 Å². The minimum atomic E-state index is -4.22. The van der Waals surface area contributed by atoms with E-state index in [1.54, 1.807) is 0 Å². The molecule has 10 heteroatoms. The molecule has 0 unspecified atom stereocenters. The molecule has 0 radical (unpaired) electrons. The van der Waals surface area contributed by atoms with Gasteiger partial charge < -0.3 is 4.74 Å². The molecule has 2 aromatic rings. The minimum absolute atomic E-state index is 0.00926. The summed E-state index contributed by atoms with van der Waals surface area (Å²) < 4.78 is 31.4. The average Bonchev–Trinajstić information content (AvgIpc) is 2.93. The molecule has 2 rings (SSSR count). The summed E-state index contributed by atoms with van der Waals surface area (Å²) in [5.41, 5.74) is -0.542. The Kier molecular flexibility index (Phi) is 4.43. The van der Waals surface area contributed by atoms with Crippen LogP contribution in [0.4, 0.5) is 11.4 Å². The van der Waals surface area contributed by atoms with Crippen LogP contribution < -0.4 is 4.72 Å².